The maximum Gasteiger partial charge on any atom is 0.498 e. The van der Waals surface area contributed by atoms with Crippen LogP contribution in [0.25, 0.3) is 0 Å². The summed E-state index contributed by atoms with van der Waals surface area (Å²) in [5.74, 6) is -3.37. The van der Waals surface area contributed by atoms with Crippen molar-refractivity contribution in [2.45, 2.75) is 47.3 Å². The van der Waals surface area contributed by atoms with Crippen LogP contribution in [0.15, 0.2) is 0 Å². The maximum absolute atomic E-state index is 12.9. The molecule has 0 aromatic rings. The summed E-state index contributed by atoms with van der Waals surface area (Å²) in [6.45, 7) is 0. The zero-order valence-corrected chi connectivity index (χ0v) is 14.4. The van der Waals surface area contributed by atoms with Crippen molar-refractivity contribution in [2.24, 2.45) is 5.92 Å². The molecular weight excluding hydrogens is 418 g/mol. The predicted octanol–water partition coefficient (Wildman–Crippen LogP) is 1.51. The number of alkyl halides is 6. The van der Waals surface area contributed by atoms with E-state index < -0.39 is 59.6 Å². The molecule has 26 heavy (non-hydrogen) atoms. The molecule has 0 aliphatic heterocycles. The van der Waals surface area contributed by atoms with E-state index in [1.165, 1.54) is 0 Å². The van der Waals surface area contributed by atoms with E-state index in [1.807, 2.05) is 5.32 Å². The highest BCUT2D eigenvalue weighted by atomic mass is 32.3. The third kappa shape index (κ3) is 4.29. The van der Waals surface area contributed by atoms with Gasteiger partial charge in [-0.15, -0.1) is 0 Å². The second kappa shape index (κ2) is 7.32. The third-order valence-corrected chi connectivity index (χ3v) is 8.62. The van der Waals surface area contributed by atoms with Crippen molar-refractivity contribution in [2.75, 3.05) is 0 Å². The lowest BCUT2D eigenvalue weighted by Crippen LogP contribution is -2.55. The number of hydrogen-bond acceptors (Lipinski definition) is 6. The van der Waals surface area contributed by atoms with Gasteiger partial charge in [-0.1, -0.05) is 12.8 Å². The molecule has 0 bridgehead atoms. The van der Waals surface area contributed by atoms with Gasteiger partial charge in [0.1, 0.15) is 0 Å². The van der Waals surface area contributed by atoms with E-state index in [9.17, 15) is 48.0 Å². The Morgan fingerprint density at radius 1 is 0.962 bits per heavy atom. The summed E-state index contributed by atoms with van der Waals surface area (Å²) >= 11 is 0. The van der Waals surface area contributed by atoms with Crippen molar-refractivity contribution in [1.82, 2.24) is 5.32 Å². The monoisotopic (exact) mass is 432 g/mol. The number of carbonyl (C=O) groups is 1. The summed E-state index contributed by atoms with van der Waals surface area (Å²) in [5, 5.41) is 8.61. The highest BCUT2D eigenvalue weighted by Gasteiger charge is 2.66. The molecule has 0 aromatic carbocycles. The summed E-state index contributed by atoms with van der Waals surface area (Å²) < 4.78 is 120. The predicted molar refractivity (Wildman–Crippen MR) is 76.4 cm³/mol. The van der Waals surface area contributed by atoms with Gasteiger partial charge in [0.25, 0.3) is 25.6 Å². The number of rotatable bonds is 5. The second-order valence-corrected chi connectivity index (χ2v) is 9.98. The van der Waals surface area contributed by atoms with E-state index in [-0.39, 0.29) is 25.5 Å². The zero-order chi connectivity index (χ0) is 20.6. The van der Waals surface area contributed by atoms with Gasteiger partial charge in [0.2, 0.25) is 0 Å². The van der Waals surface area contributed by atoms with E-state index in [1.54, 1.807) is 0 Å². The quantitative estimate of drug-likeness (QED) is 0.504. The molecule has 0 heterocycles. The molecule has 1 aliphatic carbocycles. The van der Waals surface area contributed by atoms with Gasteiger partial charge in [-0.25, -0.2) is 16.8 Å². The molecule has 0 aromatic heterocycles. The second-order valence-electron chi connectivity index (χ2n) is 5.56. The van der Waals surface area contributed by atoms with Gasteiger partial charge in [-0.05, 0) is 12.8 Å². The van der Waals surface area contributed by atoms with E-state index >= 15 is 0 Å². The zero-order valence-electron chi connectivity index (χ0n) is 12.8. The minimum atomic E-state index is -6.77. The minimum Gasteiger partial charge on any atom is -0.348 e. The smallest absolute Gasteiger partial charge is 0.348 e. The molecule has 1 amide bonds. The molecule has 1 saturated carbocycles. The van der Waals surface area contributed by atoms with Gasteiger partial charge < -0.3 is 10.7 Å². The summed E-state index contributed by atoms with van der Waals surface area (Å²) in [7, 11) is -13.5. The number of hydrogen-bond donors (Lipinski definition) is 2. The molecule has 152 valence electrons. The van der Waals surface area contributed by atoms with Crippen LogP contribution in [0, 0.1) is 11.3 Å². The molecule has 1 fully saturated rings. The van der Waals surface area contributed by atoms with Gasteiger partial charge in [-0.3, -0.25) is 4.79 Å². The van der Waals surface area contributed by atoms with Crippen LogP contribution in [0.1, 0.15) is 25.7 Å². The van der Waals surface area contributed by atoms with Crippen LogP contribution in [0.3, 0.4) is 0 Å². The van der Waals surface area contributed by atoms with Gasteiger partial charge in [0.15, 0.2) is 4.58 Å². The Hall–Kier alpha value is -1.38. The molecule has 1 aliphatic rings. The lowest BCUT2D eigenvalue weighted by molar-refractivity contribution is -0.115. The summed E-state index contributed by atoms with van der Waals surface area (Å²) in [5.41, 5.74) is -12.5. The number of halogens is 6. The Balaban J connectivity index is 3.58. The Morgan fingerprint density at radius 3 is 1.77 bits per heavy atom. The molecule has 7 nitrogen and oxygen atoms in total. The fourth-order valence-corrected chi connectivity index (χ4v) is 6.87. The first kappa shape index (κ1) is 22.7. The SMILES string of the molecule is N=CC(=O)NC1CCCCC1C(S(=O)(=O)C(F)(F)F)S(=O)(=O)C(F)(F)F. The van der Waals surface area contributed by atoms with Crippen LogP contribution in [0.2, 0.25) is 0 Å². The summed E-state index contributed by atoms with van der Waals surface area (Å²) in [4.78, 5) is 11.2. The topological polar surface area (TPSA) is 121 Å². The molecule has 0 radical (unpaired) electrons. The van der Waals surface area contributed by atoms with Crippen LogP contribution in [-0.4, -0.2) is 50.6 Å². The van der Waals surface area contributed by atoms with E-state index in [0.29, 0.717) is 0 Å². The fourth-order valence-electron chi connectivity index (χ4n) is 2.78. The van der Waals surface area contributed by atoms with Gasteiger partial charge in [0.05, 0.1) is 6.21 Å². The Morgan fingerprint density at radius 2 is 1.38 bits per heavy atom. The van der Waals surface area contributed by atoms with Crippen molar-refractivity contribution in [3.63, 3.8) is 0 Å². The van der Waals surface area contributed by atoms with Crippen LogP contribution < -0.4 is 5.32 Å². The Labute approximate surface area is 144 Å². The van der Waals surface area contributed by atoms with Crippen LogP contribution in [0.4, 0.5) is 26.3 Å². The van der Waals surface area contributed by atoms with Crippen molar-refractivity contribution in [3.8, 4) is 0 Å². The van der Waals surface area contributed by atoms with Crippen molar-refractivity contribution in [1.29, 1.82) is 5.41 Å². The Kier molecular flexibility index (Phi) is 6.38. The third-order valence-electron chi connectivity index (χ3n) is 3.88. The van der Waals surface area contributed by atoms with E-state index in [0.717, 1.165) is 0 Å². The summed E-state index contributed by atoms with van der Waals surface area (Å²) in [6, 6.07) is -1.59. The Bertz CT molecular complexity index is 715. The first-order valence-corrected chi connectivity index (χ1v) is 10.1. The standard InChI is InChI=1S/C11H14F6N2O5S2/c12-10(13,14)25(21,22)9(26(23,24)11(15,16)17)6-3-1-2-4-7(6)19-8(20)5-18/h5-7,9,18H,1-4H2,(H,19,20). The molecule has 15 heteroatoms. The molecule has 2 unspecified atom stereocenters. The largest absolute Gasteiger partial charge is 0.498 e. The summed E-state index contributed by atoms with van der Waals surface area (Å²) in [6.07, 6.45) is -0.472. The van der Waals surface area contributed by atoms with Crippen molar-refractivity contribution < 1.29 is 48.0 Å². The molecule has 2 atom stereocenters. The van der Waals surface area contributed by atoms with Crippen LogP contribution in [0.5, 0.6) is 0 Å². The molecule has 0 saturated heterocycles. The van der Waals surface area contributed by atoms with E-state index in [4.69, 9.17) is 5.41 Å². The fraction of sp³-hybridized carbons (Fsp3) is 0.818. The average molecular weight is 432 g/mol. The lowest BCUT2D eigenvalue weighted by Gasteiger charge is -2.36. The highest BCUT2D eigenvalue weighted by Crippen LogP contribution is 2.43. The van der Waals surface area contributed by atoms with Gasteiger partial charge in [0, 0.05) is 12.0 Å². The van der Waals surface area contributed by atoms with Crippen LogP contribution >= 0.6 is 0 Å². The molecule has 0 spiro atoms. The normalized spacial score (nSPS) is 22.9. The number of amides is 1. The van der Waals surface area contributed by atoms with Crippen molar-refractivity contribution >= 4 is 31.8 Å². The van der Waals surface area contributed by atoms with Gasteiger partial charge >= 0.3 is 11.0 Å². The van der Waals surface area contributed by atoms with Gasteiger partial charge in [-0.2, -0.15) is 26.3 Å². The van der Waals surface area contributed by atoms with E-state index in [2.05, 4.69) is 0 Å². The highest BCUT2D eigenvalue weighted by molar-refractivity contribution is 8.09. The number of carbonyl (C=O) groups excluding carboxylic acids is 1. The minimum absolute atomic E-state index is 0.0289. The first-order valence-electron chi connectivity index (χ1n) is 6.98. The molecule has 2 N–H and O–H groups in total. The number of nitrogens with one attached hydrogen (secondary N) is 2. The van der Waals surface area contributed by atoms with Crippen molar-refractivity contribution in [3.05, 3.63) is 0 Å². The first-order chi connectivity index (χ1) is 11.6. The van der Waals surface area contributed by atoms with Crippen LogP contribution in [-0.2, 0) is 24.5 Å². The average Bonchev–Trinajstić information content (AvgIpc) is 2.46. The lowest BCUT2D eigenvalue weighted by atomic mass is 9.85. The maximum atomic E-state index is 12.9. The molecular formula is C11H14F6N2O5S2. The number of sulfone groups is 2. The molecule has 1 rings (SSSR count).